The Bertz CT molecular complexity index is 644. The molecular formula is C17H21N2O3+. The van der Waals surface area contributed by atoms with Crippen LogP contribution in [0.15, 0.2) is 43.0 Å². The molecule has 0 N–H and O–H groups in total. The second-order valence-electron chi connectivity index (χ2n) is 5.13. The number of hydrogen-bond acceptors (Lipinski definition) is 3. The summed E-state index contributed by atoms with van der Waals surface area (Å²) in [7, 11) is 0. The van der Waals surface area contributed by atoms with Crippen LogP contribution in [0.2, 0.25) is 0 Å². The van der Waals surface area contributed by atoms with Crippen LogP contribution in [0.1, 0.15) is 36.2 Å². The first-order valence-electron chi connectivity index (χ1n) is 7.40. The van der Waals surface area contributed by atoms with Gasteiger partial charge in [-0.05, 0) is 24.5 Å². The third-order valence-electron chi connectivity index (χ3n) is 3.37. The van der Waals surface area contributed by atoms with Crippen molar-refractivity contribution in [1.82, 2.24) is 4.57 Å². The summed E-state index contributed by atoms with van der Waals surface area (Å²) in [6.07, 6.45) is 6.49. The fourth-order valence-corrected chi connectivity index (χ4v) is 2.18. The number of nitrogens with zero attached hydrogens (tertiary/aromatic N) is 2. The maximum absolute atomic E-state index is 11.3. The number of aromatic nitrogens is 2. The molecule has 22 heavy (non-hydrogen) atoms. The van der Waals surface area contributed by atoms with Crippen molar-refractivity contribution < 1.29 is 18.9 Å². The van der Waals surface area contributed by atoms with Gasteiger partial charge in [-0.1, -0.05) is 24.3 Å². The molecule has 0 radical (unpaired) electrons. The van der Waals surface area contributed by atoms with Gasteiger partial charge in [0.1, 0.15) is 18.9 Å². The van der Waals surface area contributed by atoms with Crippen LogP contribution in [-0.4, -0.2) is 23.1 Å². The second kappa shape index (κ2) is 7.54. The van der Waals surface area contributed by atoms with E-state index in [4.69, 9.17) is 4.74 Å². The van der Waals surface area contributed by atoms with Crippen LogP contribution in [-0.2, 0) is 22.5 Å². The Morgan fingerprint density at radius 1 is 1.18 bits per heavy atom. The summed E-state index contributed by atoms with van der Waals surface area (Å²) in [5.41, 5.74) is 2.26. The van der Waals surface area contributed by atoms with Crippen LogP contribution in [0.25, 0.3) is 0 Å². The quantitative estimate of drug-likeness (QED) is 0.605. The van der Waals surface area contributed by atoms with Crippen LogP contribution >= 0.6 is 0 Å². The zero-order valence-electron chi connectivity index (χ0n) is 13.0. The minimum atomic E-state index is -0.160. The number of hydrogen-bond donors (Lipinski definition) is 0. The largest absolute Gasteiger partial charge is 0.466 e. The van der Waals surface area contributed by atoms with Gasteiger partial charge in [-0.3, -0.25) is 4.79 Å². The normalized spacial score (nSPS) is 10.5. The monoisotopic (exact) mass is 301 g/mol. The first kappa shape index (κ1) is 15.9. The Kier molecular flexibility index (Phi) is 5.47. The highest BCUT2D eigenvalue weighted by atomic mass is 16.5. The number of esters is 1. The van der Waals surface area contributed by atoms with Crippen molar-refractivity contribution in [1.29, 1.82) is 0 Å². The van der Waals surface area contributed by atoms with Gasteiger partial charge in [0.05, 0.1) is 6.61 Å². The van der Waals surface area contributed by atoms with E-state index in [2.05, 4.69) is 0 Å². The van der Waals surface area contributed by atoms with Crippen molar-refractivity contribution >= 4 is 11.9 Å². The van der Waals surface area contributed by atoms with E-state index in [0.29, 0.717) is 26.0 Å². The van der Waals surface area contributed by atoms with E-state index in [-0.39, 0.29) is 11.9 Å². The van der Waals surface area contributed by atoms with E-state index in [1.807, 2.05) is 42.0 Å². The summed E-state index contributed by atoms with van der Waals surface area (Å²) in [4.78, 5) is 22.6. The van der Waals surface area contributed by atoms with Crippen LogP contribution in [0.3, 0.4) is 0 Å². The van der Waals surface area contributed by atoms with Gasteiger partial charge in [-0.2, -0.15) is 4.57 Å². The molecule has 0 amide bonds. The summed E-state index contributed by atoms with van der Waals surface area (Å²) in [5, 5.41) is 0. The van der Waals surface area contributed by atoms with Crippen molar-refractivity contribution in [3.63, 3.8) is 0 Å². The summed E-state index contributed by atoms with van der Waals surface area (Å²) >= 11 is 0. The maximum atomic E-state index is 11.3. The average molecular weight is 301 g/mol. The number of ether oxygens (including phenoxy) is 1. The molecule has 5 heteroatoms. The standard InChI is InChI=1S/C17H21N2O3/c1-3-22-17(21)9-8-15-4-6-16(7-5-15)12-18-10-11-19(13-18)14(2)20/h4-7,10-11,13H,3,8-9,12H2,1-2H3/q+1. The van der Waals surface area contributed by atoms with Crippen LogP contribution in [0.5, 0.6) is 0 Å². The molecule has 0 atom stereocenters. The molecule has 0 aliphatic heterocycles. The van der Waals surface area contributed by atoms with Gasteiger partial charge in [-0.25, -0.2) is 9.36 Å². The molecule has 116 valence electrons. The lowest BCUT2D eigenvalue weighted by Gasteiger charge is -2.03. The smallest absolute Gasteiger partial charge is 0.310 e. The molecule has 0 fully saturated rings. The summed E-state index contributed by atoms with van der Waals surface area (Å²) in [6.45, 7) is 4.47. The number of carbonyl (C=O) groups is 2. The van der Waals surface area contributed by atoms with Crippen molar-refractivity contribution in [3.05, 3.63) is 54.1 Å². The Morgan fingerprint density at radius 3 is 2.45 bits per heavy atom. The molecule has 2 rings (SSSR count). The van der Waals surface area contributed by atoms with Crippen LogP contribution < -0.4 is 4.57 Å². The minimum absolute atomic E-state index is 0.00642. The zero-order chi connectivity index (χ0) is 15.9. The first-order valence-corrected chi connectivity index (χ1v) is 7.40. The van der Waals surface area contributed by atoms with Crippen molar-refractivity contribution in [3.8, 4) is 0 Å². The average Bonchev–Trinajstić information content (AvgIpc) is 2.96. The molecule has 5 nitrogen and oxygen atoms in total. The van der Waals surface area contributed by atoms with E-state index >= 15 is 0 Å². The number of benzene rings is 1. The molecule has 0 spiro atoms. The zero-order valence-corrected chi connectivity index (χ0v) is 13.0. The van der Waals surface area contributed by atoms with Gasteiger partial charge in [-0.15, -0.1) is 0 Å². The first-order chi connectivity index (χ1) is 10.6. The van der Waals surface area contributed by atoms with Crippen molar-refractivity contribution in [2.45, 2.75) is 33.2 Å². The number of imidazole rings is 1. The molecule has 1 aromatic heterocycles. The number of rotatable bonds is 6. The molecule has 0 bridgehead atoms. The van der Waals surface area contributed by atoms with Gasteiger partial charge < -0.3 is 4.74 Å². The van der Waals surface area contributed by atoms with Crippen molar-refractivity contribution in [2.24, 2.45) is 0 Å². The highest BCUT2D eigenvalue weighted by Gasteiger charge is 2.08. The molecule has 1 aromatic carbocycles. The number of aryl methyl sites for hydroxylation is 1. The van der Waals surface area contributed by atoms with Crippen LogP contribution in [0, 0.1) is 0 Å². The fourth-order valence-electron chi connectivity index (χ4n) is 2.18. The van der Waals surface area contributed by atoms with Gasteiger partial charge in [0.2, 0.25) is 0 Å². The predicted octanol–water partition coefficient (Wildman–Crippen LogP) is 1.98. The van der Waals surface area contributed by atoms with Gasteiger partial charge in [0, 0.05) is 13.3 Å². The van der Waals surface area contributed by atoms with Crippen molar-refractivity contribution in [2.75, 3.05) is 6.61 Å². The highest BCUT2D eigenvalue weighted by molar-refractivity contribution is 5.75. The summed E-state index contributed by atoms with van der Waals surface area (Å²) in [6, 6.07) is 8.13. The van der Waals surface area contributed by atoms with E-state index in [1.165, 1.54) is 6.92 Å². The SMILES string of the molecule is CCOC(=O)CCc1ccc(C[n+]2ccn(C(C)=O)c2)cc1. The Hall–Kier alpha value is -2.43. The minimum Gasteiger partial charge on any atom is -0.466 e. The third kappa shape index (κ3) is 4.55. The van der Waals surface area contributed by atoms with Gasteiger partial charge in [0.15, 0.2) is 0 Å². The lowest BCUT2D eigenvalue weighted by molar-refractivity contribution is -0.687. The molecule has 0 aliphatic rings. The molecule has 2 aromatic rings. The van der Waals surface area contributed by atoms with E-state index < -0.39 is 0 Å². The predicted molar refractivity (Wildman–Crippen MR) is 81.4 cm³/mol. The second-order valence-corrected chi connectivity index (χ2v) is 5.13. The maximum Gasteiger partial charge on any atom is 0.310 e. The molecule has 1 heterocycles. The van der Waals surface area contributed by atoms with E-state index in [0.717, 1.165) is 11.1 Å². The molecule has 0 aliphatic carbocycles. The number of carbonyl (C=O) groups excluding carboxylic acids is 2. The summed E-state index contributed by atoms with van der Waals surface area (Å²) < 4.78 is 8.42. The molecule has 0 saturated carbocycles. The van der Waals surface area contributed by atoms with E-state index in [9.17, 15) is 9.59 Å². The molecule has 0 saturated heterocycles. The highest BCUT2D eigenvalue weighted by Crippen LogP contribution is 2.07. The Balaban J connectivity index is 1.91. The molecular weight excluding hydrogens is 280 g/mol. The topological polar surface area (TPSA) is 52.2 Å². The fraction of sp³-hybridized carbons (Fsp3) is 0.353. The lowest BCUT2D eigenvalue weighted by atomic mass is 10.1. The van der Waals surface area contributed by atoms with E-state index in [1.54, 1.807) is 17.1 Å². The summed E-state index contributed by atoms with van der Waals surface area (Å²) in [5.74, 6) is -0.166. The molecule has 0 unspecified atom stereocenters. The Morgan fingerprint density at radius 2 is 1.86 bits per heavy atom. The lowest BCUT2D eigenvalue weighted by Crippen LogP contribution is -2.31. The third-order valence-corrected chi connectivity index (χ3v) is 3.37. The van der Waals surface area contributed by atoms with Crippen LogP contribution in [0.4, 0.5) is 0 Å². The Labute approximate surface area is 130 Å². The van der Waals surface area contributed by atoms with Gasteiger partial charge >= 0.3 is 11.9 Å². The van der Waals surface area contributed by atoms with Gasteiger partial charge in [0.25, 0.3) is 6.33 Å².